The van der Waals surface area contributed by atoms with Crippen molar-refractivity contribution in [2.24, 2.45) is 0 Å². The number of nitrogens with zero attached hydrogens (tertiary/aromatic N) is 1. The SMILES string of the molecule is COc1ccc(CC(C)(C(=O)O)N2CCCC2)cc1. The molecule has 0 amide bonds. The van der Waals surface area contributed by atoms with Gasteiger partial charge in [-0.15, -0.1) is 0 Å². The van der Waals surface area contributed by atoms with E-state index in [1.165, 1.54) is 0 Å². The molecule has 1 aromatic rings. The van der Waals surface area contributed by atoms with E-state index in [0.717, 1.165) is 37.2 Å². The Bertz CT molecular complexity index is 437. The third kappa shape index (κ3) is 2.89. The van der Waals surface area contributed by atoms with Gasteiger partial charge in [0.05, 0.1) is 7.11 Å². The number of ether oxygens (including phenoxy) is 1. The Kier molecular flexibility index (Phi) is 4.10. The van der Waals surface area contributed by atoms with Gasteiger partial charge in [0, 0.05) is 6.42 Å². The molecule has 1 fully saturated rings. The molecule has 1 N–H and O–H groups in total. The van der Waals surface area contributed by atoms with Crippen LogP contribution in [-0.4, -0.2) is 41.7 Å². The topological polar surface area (TPSA) is 49.8 Å². The number of carbonyl (C=O) groups is 1. The van der Waals surface area contributed by atoms with Crippen LogP contribution in [0.2, 0.25) is 0 Å². The van der Waals surface area contributed by atoms with E-state index in [1.807, 2.05) is 31.2 Å². The monoisotopic (exact) mass is 263 g/mol. The third-order valence-corrected chi connectivity index (χ3v) is 3.97. The number of hydrogen-bond acceptors (Lipinski definition) is 3. The number of benzene rings is 1. The van der Waals surface area contributed by atoms with Gasteiger partial charge in [0.2, 0.25) is 0 Å². The van der Waals surface area contributed by atoms with Crippen LogP contribution in [0.1, 0.15) is 25.3 Å². The summed E-state index contributed by atoms with van der Waals surface area (Å²) in [5.74, 6) is 0.0483. The lowest BCUT2D eigenvalue weighted by Crippen LogP contribution is -2.52. The summed E-state index contributed by atoms with van der Waals surface area (Å²) in [5.41, 5.74) is 0.211. The minimum atomic E-state index is -0.814. The highest BCUT2D eigenvalue weighted by atomic mass is 16.5. The molecule has 0 radical (unpaired) electrons. The summed E-state index contributed by atoms with van der Waals surface area (Å²) in [6.45, 7) is 3.57. The van der Waals surface area contributed by atoms with Crippen molar-refractivity contribution in [2.75, 3.05) is 20.2 Å². The molecule has 4 heteroatoms. The second-order valence-electron chi connectivity index (χ2n) is 5.30. The number of likely N-dealkylation sites (tertiary alicyclic amines) is 1. The lowest BCUT2D eigenvalue weighted by Gasteiger charge is -2.35. The summed E-state index contributed by atoms with van der Waals surface area (Å²) in [6.07, 6.45) is 2.70. The van der Waals surface area contributed by atoms with Crippen molar-refractivity contribution in [1.29, 1.82) is 0 Å². The molecule has 1 aliphatic heterocycles. The van der Waals surface area contributed by atoms with Gasteiger partial charge in [-0.25, -0.2) is 0 Å². The zero-order valence-corrected chi connectivity index (χ0v) is 11.6. The maximum Gasteiger partial charge on any atom is 0.324 e. The van der Waals surface area contributed by atoms with Gasteiger partial charge in [-0.3, -0.25) is 9.69 Å². The molecule has 1 aromatic carbocycles. The van der Waals surface area contributed by atoms with Gasteiger partial charge in [0.25, 0.3) is 0 Å². The molecule has 19 heavy (non-hydrogen) atoms. The van der Waals surface area contributed by atoms with Crippen molar-refractivity contribution in [3.05, 3.63) is 29.8 Å². The summed E-state index contributed by atoms with van der Waals surface area (Å²) >= 11 is 0. The fraction of sp³-hybridized carbons (Fsp3) is 0.533. The zero-order chi connectivity index (χ0) is 13.9. The van der Waals surface area contributed by atoms with E-state index < -0.39 is 11.5 Å². The first-order valence-corrected chi connectivity index (χ1v) is 6.67. The van der Waals surface area contributed by atoms with Gasteiger partial charge in [0.1, 0.15) is 11.3 Å². The van der Waals surface area contributed by atoms with Crippen LogP contribution in [0, 0.1) is 0 Å². The summed E-state index contributed by atoms with van der Waals surface area (Å²) in [6, 6.07) is 7.63. The number of carboxylic acids is 1. The van der Waals surface area contributed by atoms with Crippen molar-refractivity contribution < 1.29 is 14.6 Å². The van der Waals surface area contributed by atoms with Crippen molar-refractivity contribution in [1.82, 2.24) is 4.90 Å². The first-order chi connectivity index (χ1) is 9.06. The number of methoxy groups -OCH3 is 1. The van der Waals surface area contributed by atoms with Crippen molar-refractivity contribution in [3.8, 4) is 5.75 Å². The van der Waals surface area contributed by atoms with E-state index in [9.17, 15) is 9.90 Å². The highest BCUT2D eigenvalue weighted by Crippen LogP contribution is 2.26. The zero-order valence-electron chi connectivity index (χ0n) is 11.6. The van der Waals surface area contributed by atoms with Gasteiger partial charge in [-0.2, -0.15) is 0 Å². The van der Waals surface area contributed by atoms with Crippen LogP contribution in [0.5, 0.6) is 5.75 Å². The standard InChI is InChI=1S/C15H21NO3/c1-15(14(17)18,16-9-3-4-10-16)11-12-5-7-13(19-2)8-6-12/h5-8H,3-4,9-11H2,1-2H3,(H,17,18). The molecule has 1 atom stereocenters. The molecule has 1 heterocycles. The number of rotatable bonds is 5. The van der Waals surface area contributed by atoms with Gasteiger partial charge in [-0.1, -0.05) is 12.1 Å². The van der Waals surface area contributed by atoms with Crippen LogP contribution in [0.25, 0.3) is 0 Å². The van der Waals surface area contributed by atoms with Crippen LogP contribution in [0.3, 0.4) is 0 Å². The minimum absolute atomic E-state index is 0.520. The Balaban J connectivity index is 2.17. The Hall–Kier alpha value is -1.55. The van der Waals surface area contributed by atoms with Gasteiger partial charge < -0.3 is 9.84 Å². The Morgan fingerprint density at radius 1 is 1.32 bits per heavy atom. The van der Waals surface area contributed by atoms with E-state index >= 15 is 0 Å². The third-order valence-electron chi connectivity index (χ3n) is 3.97. The van der Waals surface area contributed by atoms with Crippen LogP contribution >= 0.6 is 0 Å². The smallest absolute Gasteiger partial charge is 0.324 e. The molecule has 1 saturated heterocycles. The molecule has 0 aliphatic carbocycles. The minimum Gasteiger partial charge on any atom is -0.497 e. The summed E-state index contributed by atoms with van der Waals surface area (Å²) in [4.78, 5) is 13.8. The molecule has 0 aromatic heterocycles. The molecular weight excluding hydrogens is 242 g/mol. The van der Waals surface area contributed by atoms with E-state index in [2.05, 4.69) is 4.90 Å². The lowest BCUT2D eigenvalue weighted by molar-refractivity contribution is -0.149. The highest BCUT2D eigenvalue weighted by molar-refractivity contribution is 5.78. The van der Waals surface area contributed by atoms with Crippen LogP contribution in [-0.2, 0) is 11.2 Å². The lowest BCUT2D eigenvalue weighted by atomic mass is 9.91. The van der Waals surface area contributed by atoms with Crippen molar-refractivity contribution >= 4 is 5.97 Å². The van der Waals surface area contributed by atoms with Crippen LogP contribution < -0.4 is 4.74 Å². The predicted octanol–water partition coefficient (Wildman–Crippen LogP) is 2.18. The molecular formula is C15H21NO3. The fourth-order valence-corrected chi connectivity index (χ4v) is 2.67. The van der Waals surface area contributed by atoms with Gasteiger partial charge >= 0.3 is 5.97 Å². The molecule has 1 aliphatic rings. The summed E-state index contributed by atoms with van der Waals surface area (Å²) in [7, 11) is 1.63. The quantitative estimate of drug-likeness (QED) is 0.884. The number of aliphatic carboxylic acids is 1. The van der Waals surface area contributed by atoms with Crippen LogP contribution in [0.15, 0.2) is 24.3 Å². The fourth-order valence-electron chi connectivity index (χ4n) is 2.67. The average molecular weight is 263 g/mol. The van der Waals surface area contributed by atoms with E-state index in [0.29, 0.717) is 6.42 Å². The van der Waals surface area contributed by atoms with Gasteiger partial charge in [-0.05, 0) is 50.6 Å². The van der Waals surface area contributed by atoms with Crippen LogP contribution in [0.4, 0.5) is 0 Å². The van der Waals surface area contributed by atoms with E-state index in [4.69, 9.17) is 4.74 Å². The average Bonchev–Trinajstić information content (AvgIpc) is 2.93. The molecule has 104 valence electrons. The molecule has 0 bridgehead atoms. The number of carboxylic acid groups (broad SMARTS) is 1. The molecule has 4 nitrogen and oxygen atoms in total. The summed E-state index contributed by atoms with van der Waals surface area (Å²) < 4.78 is 5.12. The highest BCUT2D eigenvalue weighted by Gasteiger charge is 2.40. The Labute approximate surface area is 114 Å². The second kappa shape index (κ2) is 5.61. The molecule has 1 unspecified atom stereocenters. The largest absolute Gasteiger partial charge is 0.497 e. The molecule has 0 spiro atoms. The Morgan fingerprint density at radius 3 is 2.37 bits per heavy atom. The predicted molar refractivity (Wildman–Crippen MR) is 73.5 cm³/mol. The maximum absolute atomic E-state index is 11.7. The van der Waals surface area contributed by atoms with Gasteiger partial charge in [0.15, 0.2) is 0 Å². The maximum atomic E-state index is 11.7. The van der Waals surface area contributed by atoms with Crippen molar-refractivity contribution in [2.45, 2.75) is 31.7 Å². The van der Waals surface area contributed by atoms with Crippen molar-refractivity contribution in [3.63, 3.8) is 0 Å². The first kappa shape index (κ1) is 13.9. The first-order valence-electron chi connectivity index (χ1n) is 6.67. The molecule has 0 saturated carbocycles. The Morgan fingerprint density at radius 2 is 1.89 bits per heavy atom. The summed E-state index contributed by atoms with van der Waals surface area (Å²) in [5, 5.41) is 9.59. The second-order valence-corrected chi connectivity index (χ2v) is 5.30. The van der Waals surface area contributed by atoms with E-state index in [-0.39, 0.29) is 0 Å². The normalized spacial score (nSPS) is 19.1. The van der Waals surface area contributed by atoms with E-state index in [1.54, 1.807) is 7.11 Å². The molecule has 2 rings (SSSR count). The number of hydrogen-bond donors (Lipinski definition) is 1.